The van der Waals surface area contributed by atoms with E-state index in [1.165, 1.54) is 4.88 Å². The molecule has 0 unspecified atom stereocenters. The summed E-state index contributed by atoms with van der Waals surface area (Å²) in [5, 5.41) is 20.0. The van der Waals surface area contributed by atoms with Crippen LogP contribution in [0, 0.1) is 17.2 Å². The van der Waals surface area contributed by atoms with Crippen molar-refractivity contribution in [3.63, 3.8) is 0 Å². The number of nitriles is 1. The van der Waals surface area contributed by atoms with Gasteiger partial charge in [-0.3, -0.25) is 4.90 Å². The van der Waals surface area contributed by atoms with Crippen LogP contribution in [-0.2, 0) is 11.3 Å². The Morgan fingerprint density at radius 2 is 2.16 bits per heavy atom. The van der Waals surface area contributed by atoms with Crippen molar-refractivity contribution in [2.75, 3.05) is 19.7 Å². The van der Waals surface area contributed by atoms with Crippen LogP contribution >= 0.6 is 11.3 Å². The van der Waals surface area contributed by atoms with Gasteiger partial charge < -0.3 is 9.84 Å². The summed E-state index contributed by atoms with van der Waals surface area (Å²) >= 11 is 1.67. The lowest BCUT2D eigenvalue weighted by Crippen LogP contribution is -2.33. The summed E-state index contributed by atoms with van der Waals surface area (Å²) in [4.78, 5) is 14.3. The second kappa shape index (κ2) is 8.15. The molecule has 0 bridgehead atoms. The topological polar surface area (TPSA) is 73.6 Å². The van der Waals surface area contributed by atoms with Crippen molar-refractivity contribution in [2.45, 2.75) is 19.4 Å². The van der Waals surface area contributed by atoms with Gasteiger partial charge in [-0.2, -0.15) is 5.26 Å². The van der Waals surface area contributed by atoms with Crippen LogP contribution in [0.1, 0.15) is 18.4 Å². The summed E-state index contributed by atoms with van der Waals surface area (Å²) in [5.74, 6) is -0.218. The number of piperidine rings is 1. The molecule has 1 aromatic heterocycles. The molecule has 1 fully saturated rings. The highest BCUT2D eigenvalue weighted by Crippen LogP contribution is 2.31. The fourth-order valence-corrected chi connectivity index (χ4v) is 3.76. The predicted molar refractivity (Wildman–Crippen MR) is 96.5 cm³/mol. The fourth-order valence-electron chi connectivity index (χ4n) is 3.04. The molecule has 0 atom stereocenters. The van der Waals surface area contributed by atoms with E-state index in [1.807, 2.05) is 23.6 Å². The van der Waals surface area contributed by atoms with Crippen LogP contribution in [0.2, 0.25) is 0 Å². The highest BCUT2D eigenvalue weighted by Gasteiger charge is 2.20. The Hall–Kier alpha value is -2.36. The Morgan fingerprint density at radius 3 is 2.80 bits per heavy atom. The van der Waals surface area contributed by atoms with E-state index >= 15 is 0 Å². The Kier molecular flexibility index (Phi) is 5.69. The first-order valence-corrected chi connectivity index (χ1v) is 9.17. The van der Waals surface area contributed by atoms with Crippen molar-refractivity contribution in [1.29, 1.82) is 5.26 Å². The number of carbonyl (C=O) groups is 1. The van der Waals surface area contributed by atoms with Crippen LogP contribution in [0.25, 0.3) is 10.4 Å². The van der Waals surface area contributed by atoms with Gasteiger partial charge in [0.2, 0.25) is 0 Å². The highest BCUT2D eigenvalue weighted by atomic mass is 32.1. The van der Waals surface area contributed by atoms with Crippen molar-refractivity contribution >= 4 is 17.3 Å². The molecule has 0 spiro atoms. The van der Waals surface area contributed by atoms with Gasteiger partial charge in [-0.25, -0.2) is 4.79 Å². The molecular weight excluding hydrogens is 336 g/mol. The van der Waals surface area contributed by atoms with E-state index in [1.54, 1.807) is 11.3 Å². The van der Waals surface area contributed by atoms with Crippen molar-refractivity contribution < 1.29 is 14.6 Å². The highest BCUT2D eigenvalue weighted by molar-refractivity contribution is 7.13. The predicted octanol–water partition coefficient (Wildman–Crippen LogP) is 3.61. The third-order valence-electron chi connectivity index (χ3n) is 4.38. The van der Waals surface area contributed by atoms with Gasteiger partial charge in [-0.05, 0) is 61.1 Å². The summed E-state index contributed by atoms with van der Waals surface area (Å²) in [6, 6.07) is 12.3. The molecule has 6 heteroatoms. The third kappa shape index (κ3) is 4.59. The number of benzene rings is 1. The first-order valence-electron chi connectivity index (χ1n) is 8.29. The zero-order valence-electron chi connectivity index (χ0n) is 13.9. The second-order valence-electron chi connectivity index (χ2n) is 6.16. The molecule has 1 aliphatic rings. The standard InChI is InChI=1S/C19H20N2O3S/c20-11-14-5-7-21(8-6-14)12-16-10-15(18-2-1-9-25-18)3-4-17(16)24-13-19(22)23/h1-4,9-10,14H,5-8,12-13H2,(H,22,23). The van der Waals surface area contributed by atoms with Gasteiger partial charge in [0.1, 0.15) is 5.75 Å². The summed E-state index contributed by atoms with van der Waals surface area (Å²) in [6.45, 7) is 2.10. The number of rotatable bonds is 6. The van der Waals surface area contributed by atoms with Crippen LogP contribution in [0.5, 0.6) is 5.75 Å². The summed E-state index contributed by atoms with van der Waals surface area (Å²) in [7, 11) is 0. The minimum absolute atomic E-state index is 0.149. The molecule has 1 aromatic carbocycles. The third-order valence-corrected chi connectivity index (χ3v) is 5.30. The van der Waals surface area contributed by atoms with Gasteiger partial charge in [-0.1, -0.05) is 6.07 Å². The first-order chi connectivity index (χ1) is 12.2. The zero-order valence-corrected chi connectivity index (χ0v) is 14.7. The number of ether oxygens (including phenoxy) is 1. The molecule has 0 aliphatic carbocycles. The molecule has 0 amide bonds. The maximum absolute atomic E-state index is 10.8. The largest absolute Gasteiger partial charge is 0.482 e. The Labute approximate surface area is 151 Å². The average molecular weight is 356 g/mol. The lowest BCUT2D eigenvalue weighted by molar-refractivity contribution is -0.139. The number of hydrogen-bond donors (Lipinski definition) is 1. The van der Waals surface area contributed by atoms with Gasteiger partial charge in [-0.15, -0.1) is 11.3 Å². The molecule has 1 aliphatic heterocycles. The number of nitrogens with zero attached hydrogens (tertiary/aromatic N) is 2. The number of carboxylic acid groups (broad SMARTS) is 1. The van der Waals surface area contributed by atoms with Gasteiger partial charge in [0.15, 0.2) is 6.61 Å². The molecule has 3 rings (SSSR count). The lowest BCUT2D eigenvalue weighted by Gasteiger charge is -2.29. The molecule has 1 N–H and O–H groups in total. The van der Waals surface area contributed by atoms with Crippen LogP contribution in [-0.4, -0.2) is 35.7 Å². The van der Waals surface area contributed by atoms with E-state index in [0.717, 1.165) is 37.1 Å². The van der Waals surface area contributed by atoms with E-state index in [0.29, 0.717) is 12.3 Å². The van der Waals surface area contributed by atoms with Crippen LogP contribution < -0.4 is 4.74 Å². The van der Waals surface area contributed by atoms with E-state index in [2.05, 4.69) is 23.1 Å². The summed E-state index contributed by atoms with van der Waals surface area (Å²) in [6.07, 6.45) is 1.76. The van der Waals surface area contributed by atoms with E-state index in [4.69, 9.17) is 15.1 Å². The number of carboxylic acids is 1. The Balaban J connectivity index is 1.79. The van der Waals surface area contributed by atoms with E-state index in [9.17, 15) is 4.79 Å². The minimum atomic E-state index is -0.983. The summed E-state index contributed by atoms with van der Waals surface area (Å²) in [5.41, 5.74) is 2.10. The van der Waals surface area contributed by atoms with E-state index in [-0.39, 0.29) is 12.5 Å². The molecular formula is C19H20N2O3S. The number of hydrogen-bond acceptors (Lipinski definition) is 5. The maximum atomic E-state index is 10.8. The van der Waals surface area contributed by atoms with Crippen LogP contribution in [0.3, 0.4) is 0 Å². The zero-order chi connectivity index (χ0) is 17.6. The Bertz CT molecular complexity index is 759. The quantitative estimate of drug-likeness (QED) is 0.856. The first kappa shape index (κ1) is 17.5. The van der Waals surface area contributed by atoms with Gasteiger partial charge in [0.25, 0.3) is 0 Å². The molecule has 2 heterocycles. The van der Waals surface area contributed by atoms with Crippen LogP contribution in [0.4, 0.5) is 0 Å². The molecule has 25 heavy (non-hydrogen) atoms. The maximum Gasteiger partial charge on any atom is 0.341 e. The molecule has 0 radical (unpaired) electrons. The fraction of sp³-hybridized carbons (Fsp3) is 0.368. The SMILES string of the molecule is N#CC1CCN(Cc2cc(-c3cccs3)ccc2OCC(=O)O)CC1. The second-order valence-corrected chi connectivity index (χ2v) is 7.11. The smallest absolute Gasteiger partial charge is 0.341 e. The molecule has 0 saturated carbocycles. The van der Waals surface area contributed by atoms with Crippen molar-refractivity contribution in [3.8, 4) is 22.3 Å². The van der Waals surface area contributed by atoms with Gasteiger partial charge >= 0.3 is 5.97 Å². The lowest BCUT2D eigenvalue weighted by atomic mass is 9.98. The van der Waals surface area contributed by atoms with Crippen LogP contribution in [0.15, 0.2) is 35.7 Å². The van der Waals surface area contributed by atoms with Gasteiger partial charge in [0, 0.05) is 22.9 Å². The number of thiophene rings is 1. The Morgan fingerprint density at radius 1 is 1.36 bits per heavy atom. The van der Waals surface area contributed by atoms with Gasteiger partial charge in [0.05, 0.1) is 6.07 Å². The normalized spacial score (nSPS) is 15.6. The van der Waals surface area contributed by atoms with Crippen molar-refractivity contribution in [3.05, 3.63) is 41.3 Å². The molecule has 1 saturated heterocycles. The molecule has 2 aromatic rings. The number of aliphatic carboxylic acids is 1. The summed E-state index contributed by atoms with van der Waals surface area (Å²) < 4.78 is 5.48. The molecule has 130 valence electrons. The number of likely N-dealkylation sites (tertiary alicyclic amines) is 1. The monoisotopic (exact) mass is 356 g/mol. The van der Waals surface area contributed by atoms with Crippen molar-refractivity contribution in [2.24, 2.45) is 5.92 Å². The van der Waals surface area contributed by atoms with E-state index < -0.39 is 5.97 Å². The minimum Gasteiger partial charge on any atom is -0.482 e. The average Bonchev–Trinajstić information content (AvgIpc) is 3.16. The molecule has 5 nitrogen and oxygen atoms in total. The van der Waals surface area contributed by atoms with Crippen molar-refractivity contribution in [1.82, 2.24) is 4.90 Å².